The molecule has 0 aliphatic carbocycles. The van der Waals surface area contributed by atoms with Gasteiger partial charge in [0.15, 0.2) is 5.65 Å². The van der Waals surface area contributed by atoms with Crippen molar-refractivity contribution in [1.82, 2.24) is 29.4 Å². The molecule has 1 fully saturated rings. The number of carbonyl (C=O) groups is 2. The summed E-state index contributed by atoms with van der Waals surface area (Å²) in [6.45, 7) is 8.49. The van der Waals surface area contributed by atoms with Gasteiger partial charge in [0.05, 0.1) is 11.3 Å². The Kier molecular flexibility index (Phi) is 5.73. The van der Waals surface area contributed by atoms with Crippen LogP contribution in [0.1, 0.15) is 65.5 Å². The van der Waals surface area contributed by atoms with Crippen LogP contribution >= 0.6 is 11.6 Å². The average Bonchev–Trinajstić information content (AvgIpc) is 3.45. The number of amides is 2. The number of nitrogens with zero attached hydrogens (tertiary/aromatic N) is 7. The Hall–Kier alpha value is -3.92. The molecule has 1 aromatic carbocycles. The molecule has 202 valence electrons. The van der Waals surface area contributed by atoms with Crippen molar-refractivity contribution in [2.75, 3.05) is 18.0 Å². The lowest BCUT2D eigenvalue weighted by molar-refractivity contribution is 0.00817. The van der Waals surface area contributed by atoms with Crippen molar-refractivity contribution in [3.63, 3.8) is 0 Å². The number of hydrogen-bond donors (Lipinski definition) is 0. The summed E-state index contributed by atoms with van der Waals surface area (Å²) >= 11 is 6.22. The molecule has 6 rings (SSSR count). The average molecular weight is 548 g/mol. The summed E-state index contributed by atoms with van der Waals surface area (Å²) in [7, 11) is 3.74. The van der Waals surface area contributed by atoms with E-state index in [-0.39, 0.29) is 17.9 Å². The van der Waals surface area contributed by atoms with Crippen LogP contribution < -0.4 is 4.90 Å². The van der Waals surface area contributed by atoms with Crippen LogP contribution in [0.15, 0.2) is 36.5 Å². The number of carbonyl (C=O) groups excluding carboxylic acids is 2. The minimum atomic E-state index is -0.561. The monoisotopic (exact) mass is 547 g/mol. The predicted molar refractivity (Wildman–Crippen MR) is 147 cm³/mol. The summed E-state index contributed by atoms with van der Waals surface area (Å²) in [4.78, 5) is 35.1. The number of likely N-dealkylation sites (tertiary alicyclic amines) is 1. The van der Waals surface area contributed by atoms with Crippen molar-refractivity contribution < 1.29 is 14.3 Å². The standard InChI is InChI=1S/C28H30ClN7O3/c1-15-11-20(30-25-22(15)31-32-34(25)6)36-23(16-7-9-18(29)10-8-16)24-21(26(36)37)19(14-33(24)5)17-12-35(13-17)27(38)39-28(2,3)4/h7-11,14,17,23H,12-13H2,1-6H3. The number of fused-ring (bicyclic) bond motifs is 2. The number of ether oxygens (including phenoxy) is 1. The molecule has 11 heteroatoms. The van der Waals surface area contributed by atoms with Crippen LogP contribution in [-0.2, 0) is 18.8 Å². The molecule has 2 amide bonds. The highest BCUT2D eigenvalue weighted by molar-refractivity contribution is 6.30. The first kappa shape index (κ1) is 25.4. The SMILES string of the molecule is Cc1cc(N2C(=O)c3c(C4CN(C(=O)OC(C)(C)C)C4)cn(C)c3C2c2ccc(Cl)cc2)nc2c1nnn2C. The van der Waals surface area contributed by atoms with Gasteiger partial charge in [0.25, 0.3) is 5.91 Å². The summed E-state index contributed by atoms with van der Waals surface area (Å²) < 4.78 is 9.16. The molecule has 0 spiro atoms. The maximum Gasteiger partial charge on any atom is 0.410 e. The second kappa shape index (κ2) is 8.81. The Morgan fingerprint density at radius 2 is 1.82 bits per heavy atom. The lowest BCUT2D eigenvalue weighted by Gasteiger charge is -2.40. The maximum absolute atomic E-state index is 14.3. The van der Waals surface area contributed by atoms with Gasteiger partial charge >= 0.3 is 6.09 Å². The van der Waals surface area contributed by atoms with Gasteiger partial charge in [0, 0.05) is 44.3 Å². The van der Waals surface area contributed by atoms with Gasteiger partial charge in [-0.15, -0.1) is 5.10 Å². The minimum absolute atomic E-state index is 0.0284. The van der Waals surface area contributed by atoms with Gasteiger partial charge in [-0.3, -0.25) is 9.69 Å². The van der Waals surface area contributed by atoms with Crippen LogP contribution in [-0.4, -0.2) is 60.1 Å². The molecule has 1 unspecified atom stereocenters. The Labute approximate surface area is 231 Å². The van der Waals surface area contributed by atoms with Crippen molar-refractivity contribution in [3.05, 3.63) is 69.5 Å². The van der Waals surface area contributed by atoms with E-state index in [0.717, 1.165) is 22.4 Å². The number of rotatable bonds is 3. The normalized spacial score (nSPS) is 17.6. The van der Waals surface area contributed by atoms with Crippen LogP contribution in [0.5, 0.6) is 0 Å². The molecule has 1 saturated heterocycles. The van der Waals surface area contributed by atoms with E-state index in [4.69, 9.17) is 21.3 Å². The Morgan fingerprint density at radius 3 is 2.49 bits per heavy atom. The first-order chi connectivity index (χ1) is 18.4. The minimum Gasteiger partial charge on any atom is -0.444 e. The number of anilines is 1. The number of aromatic nitrogens is 5. The molecule has 4 aromatic rings. The van der Waals surface area contributed by atoms with Crippen LogP contribution in [0.4, 0.5) is 10.6 Å². The lowest BCUT2D eigenvalue weighted by atomic mass is 9.90. The van der Waals surface area contributed by atoms with Gasteiger partial charge in [-0.05, 0) is 62.6 Å². The Morgan fingerprint density at radius 1 is 1.13 bits per heavy atom. The van der Waals surface area contributed by atoms with Gasteiger partial charge in [-0.25, -0.2) is 14.5 Å². The van der Waals surface area contributed by atoms with E-state index in [0.29, 0.717) is 40.7 Å². The highest BCUT2D eigenvalue weighted by Gasteiger charge is 2.47. The molecular weight excluding hydrogens is 518 g/mol. The van der Waals surface area contributed by atoms with E-state index in [9.17, 15) is 9.59 Å². The topological polar surface area (TPSA) is 98.4 Å². The van der Waals surface area contributed by atoms with Crippen molar-refractivity contribution >= 4 is 40.6 Å². The van der Waals surface area contributed by atoms with Crippen LogP contribution in [0.25, 0.3) is 11.2 Å². The highest BCUT2D eigenvalue weighted by Crippen LogP contribution is 2.46. The van der Waals surface area contributed by atoms with E-state index in [1.807, 2.05) is 75.8 Å². The third-order valence-corrected chi connectivity index (χ3v) is 7.60. The van der Waals surface area contributed by atoms with Crippen molar-refractivity contribution in [1.29, 1.82) is 0 Å². The molecule has 3 aromatic heterocycles. The zero-order valence-electron chi connectivity index (χ0n) is 22.8. The summed E-state index contributed by atoms with van der Waals surface area (Å²) in [5, 5.41) is 8.95. The molecule has 0 saturated carbocycles. The molecule has 0 bridgehead atoms. The third-order valence-electron chi connectivity index (χ3n) is 7.35. The molecular formula is C28H30ClN7O3. The third kappa shape index (κ3) is 4.14. The van der Waals surface area contributed by atoms with E-state index >= 15 is 0 Å². The van der Waals surface area contributed by atoms with Crippen molar-refractivity contribution in [2.24, 2.45) is 14.1 Å². The fraction of sp³-hybridized carbons (Fsp3) is 0.393. The van der Waals surface area contributed by atoms with Crippen LogP contribution in [0, 0.1) is 6.92 Å². The van der Waals surface area contributed by atoms with Crippen LogP contribution in [0.3, 0.4) is 0 Å². The molecule has 39 heavy (non-hydrogen) atoms. The van der Waals surface area contributed by atoms with Gasteiger partial charge in [0.1, 0.15) is 23.0 Å². The van der Waals surface area contributed by atoms with Gasteiger partial charge < -0.3 is 14.2 Å². The second-order valence-electron chi connectivity index (χ2n) is 11.3. The zero-order chi connectivity index (χ0) is 27.8. The largest absolute Gasteiger partial charge is 0.444 e. The van der Waals surface area contributed by atoms with Crippen LogP contribution in [0.2, 0.25) is 5.02 Å². The molecule has 5 heterocycles. The molecule has 0 radical (unpaired) electrons. The first-order valence-corrected chi connectivity index (χ1v) is 13.2. The number of benzene rings is 1. The Bertz CT molecular complexity index is 1630. The van der Waals surface area contributed by atoms with E-state index in [2.05, 4.69) is 10.3 Å². The second-order valence-corrected chi connectivity index (χ2v) is 11.8. The molecule has 10 nitrogen and oxygen atoms in total. The van der Waals surface area contributed by atoms with Crippen molar-refractivity contribution in [3.8, 4) is 0 Å². The van der Waals surface area contributed by atoms with Gasteiger partial charge in [-0.2, -0.15) is 0 Å². The fourth-order valence-corrected chi connectivity index (χ4v) is 5.62. The highest BCUT2D eigenvalue weighted by atomic mass is 35.5. The number of aryl methyl sites for hydroxylation is 3. The quantitative estimate of drug-likeness (QED) is 0.367. The summed E-state index contributed by atoms with van der Waals surface area (Å²) in [6, 6.07) is 9.03. The van der Waals surface area contributed by atoms with Gasteiger partial charge in [0.2, 0.25) is 0 Å². The first-order valence-electron chi connectivity index (χ1n) is 12.9. The van der Waals surface area contributed by atoms with E-state index < -0.39 is 11.6 Å². The molecule has 2 aliphatic heterocycles. The number of halogens is 1. The van der Waals surface area contributed by atoms with E-state index in [1.54, 1.807) is 21.5 Å². The molecule has 2 aliphatic rings. The lowest BCUT2D eigenvalue weighted by Crippen LogP contribution is -2.50. The summed E-state index contributed by atoms with van der Waals surface area (Å²) in [5.41, 5.74) is 5.03. The Balaban J connectivity index is 1.42. The molecule has 0 N–H and O–H groups in total. The summed E-state index contributed by atoms with van der Waals surface area (Å²) in [5.74, 6) is 0.430. The zero-order valence-corrected chi connectivity index (χ0v) is 23.5. The van der Waals surface area contributed by atoms with Crippen molar-refractivity contribution in [2.45, 2.75) is 45.3 Å². The molecule has 1 atom stereocenters. The van der Waals surface area contributed by atoms with E-state index in [1.165, 1.54) is 0 Å². The number of hydrogen-bond acceptors (Lipinski definition) is 6. The predicted octanol–water partition coefficient (Wildman–Crippen LogP) is 4.75. The number of pyridine rings is 1. The fourth-order valence-electron chi connectivity index (χ4n) is 5.50. The van der Waals surface area contributed by atoms with Gasteiger partial charge in [-0.1, -0.05) is 28.9 Å². The summed E-state index contributed by atoms with van der Waals surface area (Å²) in [6.07, 6.45) is 1.68. The smallest absolute Gasteiger partial charge is 0.410 e. The maximum atomic E-state index is 14.3.